The molecule has 2 aromatic carbocycles. The number of fused-ring (bicyclic) bond motifs is 1. The van der Waals surface area contributed by atoms with Gasteiger partial charge in [0.05, 0.1) is 15.1 Å². The zero-order valence-corrected chi connectivity index (χ0v) is 12.9. The maximum Gasteiger partial charge on any atom is 0.270 e. The lowest BCUT2D eigenvalue weighted by Gasteiger charge is -2.03. The number of nitrogens with zero attached hydrogens (tertiary/aromatic N) is 2. The lowest BCUT2D eigenvalue weighted by Crippen LogP contribution is -2.06. The van der Waals surface area contributed by atoms with Crippen LogP contribution in [-0.4, -0.2) is 24.3 Å². The van der Waals surface area contributed by atoms with E-state index in [4.69, 9.17) is 0 Å². The van der Waals surface area contributed by atoms with Crippen LogP contribution in [0.1, 0.15) is 5.56 Å². The van der Waals surface area contributed by atoms with Crippen molar-refractivity contribution in [1.82, 2.24) is 4.98 Å². The van der Waals surface area contributed by atoms with Crippen LogP contribution in [0.15, 0.2) is 42.5 Å². The fourth-order valence-corrected chi connectivity index (χ4v) is 3.10. The molecule has 3 aromatic rings. The molecule has 22 heavy (non-hydrogen) atoms. The van der Waals surface area contributed by atoms with Gasteiger partial charge in [-0.25, -0.2) is 4.98 Å². The Bertz CT molecular complexity index is 817. The molecule has 0 aliphatic heterocycles. The second kappa shape index (κ2) is 6.15. The SMILES string of the molecule is Bc1ccc(CCNc2nc3ccc([N+](=O)[O-])cc3s2)cc1. The quantitative estimate of drug-likeness (QED) is 0.445. The second-order valence-corrected chi connectivity index (χ2v) is 6.12. The molecule has 1 heterocycles. The van der Waals surface area contributed by atoms with Gasteiger partial charge in [-0.15, -0.1) is 0 Å². The molecule has 0 bridgehead atoms. The summed E-state index contributed by atoms with van der Waals surface area (Å²) in [6.45, 7) is 0.783. The topological polar surface area (TPSA) is 68.1 Å². The highest BCUT2D eigenvalue weighted by atomic mass is 32.1. The molecule has 0 amide bonds. The summed E-state index contributed by atoms with van der Waals surface area (Å²) in [4.78, 5) is 14.8. The van der Waals surface area contributed by atoms with Crippen LogP contribution in [0.2, 0.25) is 0 Å². The summed E-state index contributed by atoms with van der Waals surface area (Å²) in [5.74, 6) is 0. The Morgan fingerprint density at radius 2 is 2.00 bits per heavy atom. The minimum Gasteiger partial charge on any atom is -0.361 e. The lowest BCUT2D eigenvalue weighted by atomic mass is 9.95. The summed E-state index contributed by atoms with van der Waals surface area (Å²) in [5.41, 5.74) is 3.41. The molecule has 5 nitrogen and oxygen atoms in total. The van der Waals surface area contributed by atoms with Gasteiger partial charge in [-0.2, -0.15) is 0 Å². The molecule has 110 valence electrons. The van der Waals surface area contributed by atoms with E-state index in [-0.39, 0.29) is 10.6 Å². The Labute approximate surface area is 132 Å². The van der Waals surface area contributed by atoms with Crippen molar-refractivity contribution in [2.45, 2.75) is 6.42 Å². The van der Waals surface area contributed by atoms with Gasteiger partial charge in [-0.1, -0.05) is 41.1 Å². The average Bonchev–Trinajstić information content (AvgIpc) is 2.91. The highest BCUT2D eigenvalue weighted by Gasteiger charge is 2.09. The number of nitro groups is 1. The van der Waals surface area contributed by atoms with Gasteiger partial charge in [0.15, 0.2) is 5.13 Å². The van der Waals surface area contributed by atoms with Gasteiger partial charge in [0.2, 0.25) is 0 Å². The molecule has 3 rings (SSSR count). The number of aromatic nitrogens is 1. The standard InChI is InChI=1S/C15H14BN3O2S/c16-11-3-1-10(2-4-11)7-8-17-15-18-13-6-5-12(19(20)21)9-14(13)22-15/h1-6,9H,7-8,16H2,(H,17,18). The van der Waals surface area contributed by atoms with E-state index in [0.29, 0.717) is 0 Å². The Kier molecular flexibility index (Phi) is 4.06. The van der Waals surface area contributed by atoms with Gasteiger partial charge in [0, 0.05) is 18.7 Å². The van der Waals surface area contributed by atoms with Crippen molar-refractivity contribution >= 4 is 45.7 Å². The predicted molar refractivity (Wildman–Crippen MR) is 93.1 cm³/mol. The number of thiazole rings is 1. The van der Waals surface area contributed by atoms with Crippen molar-refractivity contribution in [2.24, 2.45) is 0 Å². The van der Waals surface area contributed by atoms with Gasteiger partial charge in [0.1, 0.15) is 7.85 Å². The van der Waals surface area contributed by atoms with Crippen molar-refractivity contribution in [1.29, 1.82) is 0 Å². The van der Waals surface area contributed by atoms with Gasteiger partial charge < -0.3 is 5.32 Å². The maximum atomic E-state index is 10.8. The molecule has 7 heteroatoms. The molecule has 0 fully saturated rings. The van der Waals surface area contributed by atoms with Crippen LogP contribution in [0, 0.1) is 10.1 Å². The fourth-order valence-electron chi connectivity index (χ4n) is 2.17. The Morgan fingerprint density at radius 3 is 2.73 bits per heavy atom. The highest BCUT2D eigenvalue weighted by molar-refractivity contribution is 7.22. The monoisotopic (exact) mass is 311 g/mol. The number of non-ortho nitro benzene ring substituents is 1. The van der Waals surface area contributed by atoms with E-state index in [1.165, 1.54) is 28.4 Å². The Hall–Kier alpha value is -2.41. The summed E-state index contributed by atoms with van der Waals surface area (Å²) < 4.78 is 0.826. The first kappa shape index (κ1) is 14.5. The molecule has 0 unspecified atom stereocenters. The third-order valence-corrected chi connectivity index (χ3v) is 4.37. The molecule has 0 spiro atoms. The molecule has 1 N–H and O–H groups in total. The average molecular weight is 311 g/mol. The summed E-state index contributed by atoms with van der Waals surface area (Å²) in [5, 5.41) is 14.9. The van der Waals surface area contributed by atoms with E-state index in [9.17, 15) is 10.1 Å². The summed E-state index contributed by atoms with van der Waals surface area (Å²) in [6.07, 6.45) is 0.913. The van der Waals surface area contributed by atoms with Crippen molar-refractivity contribution in [3.63, 3.8) is 0 Å². The number of anilines is 1. The zero-order valence-electron chi connectivity index (χ0n) is 12.1. The smallest absolute Gasteiger partial charge is 0.270 e. The highest BCUT2D eigenvalue weighted by Crippen LogP contribution is 2.29. The summed E-state index contributed by atoms with van der Waals surface area (Å²) >= 11 is 1.44. The van der Waals surface area contributed by atoms with Gasteiger partial charge in [-0.3, -0.25) is 10.1 Å². The minimum atomic E-state index is -0.385. The van der Waals surface area contributed by atoms with Crippen LogP contribution in [0.3, 0.4) is 0 Å². The third kappa shape index (κ3) is 3.25. The van der Waals surface area contributed by atoms with Crippen molar-refractivity contribution in [3.05, 3.63) is 58.1 Å². The first-order valence-corrected chi connectivity index (χ1v) is 7.78. The summed E-state index contributed by atoms with van der Waals surface area (Å²) in [6, 6.07) is 13.2. The number of hydrogen-bond donors (Lipinski definition) is 1. The normalized spacial score (nSPS) is 10.7. The van der Waals surface area contributed by atoms with E-state index >= 15 is 0 Å². The maximum absolute atomic E-state index is 10.8. The van der Waals surface area contributed by atoms with E-state index in [1.807, 2.05) is 0 Å². The number of nitro benzene ring substituents is 1. The lowest BCUT2D eigenvalue weighted by molar-refractivity contribution is -0.384. The van der Waals surface area contributed by atoms with E-state index < -0.39 is 0 Å². The van der Waals surface area contributed by atoms with E-state index in [1.54, 1.807) is 12.1 Å². The molecule has 0 saturated carbocycles. The fraction of sp³-hybridized carbons (Fsp3) is 0.133. The van der Waals surface area contributed by atoms with Gasteiger partial charge in [-0.05, 0) is 18.1 Å². The number of benzene rings is 2. The van der Waals surface area contributed by atoms with Crippen molar-refractivity contribution < 1.29 is 4.92 Å². The van der Waals surface area contributed by atoms with Crippen LogP contribution in [0.25, 0.3) is 10.2 Å². The predicted octanol–water partition coefficient (Wildman–Crippen LogP) is 2.12. The van der Waals surface area contributed by atoms with Crippen LogP contribution in [0.4, 0.5) is 10.8 Å². The number of hydrogen-bond acceptors (Lipinski definition) is 5. The molecular weight excluding hydrogens is 297 g/mol. The third-order valence-electron chi connectivity index (χ3n) is 3.39. The van der Waals surface area contributed by atoms with Crippen LogP contribution < -0.4 is 10.8 Å². The second-order valence-electron chi connectivity index (χ2n) is 5.09. The Balaban J connectivity index is 1.66. The molecule has 0 aliphatic rings. The summed E-state index contributed by atoms with van der Waals surface area (Å²) in [7, 11) is 2.07. The van der Waals surface area contributed by atoms with Crippen LogP contribution in [-0.2, 0) is 6.42 Å². The molecule has 0 atom stereocenters. The van der Waals surface area contributed by atoms with Crippen LogP contribution >= 0.6 is 11.3 Å². The Morgan fingerprint density at radius 1 is 1.23 bits per heavy atom. The molecular formula is C15H14BN3O2S. The van der Waals surface area contributed by atoms with Gasteiger partial charge in [0.25, 0.3) is 5.69 Å². The van der Waals surface area contributed by atoms with E-state index in [2.05, 4.69) is 42.4 Å². The molecule has 0 saturated heterocycles. The first-order valence-electron chi connectivity index (χ1n) is 6.96. The van der Waals surface area contributed by atoms with E-state index in [0.717, 1.165) is 28.3 Å². The largest absolute Gasteiger partial charge is 0.361 e. The molecule has 0 radical (unpaired) electrons. The molecule has 0 aliphatic carbocycles. The number of nitrogens with one attached hydrogen (secondary N) is 1. The van der Waals surface area contributed by atoms with Crippen molar-refractivity contribution in [2.75, 3.05) is 11.9 Å². The zero-order chi connectivity index (χ0) is 15.5. The van der Waals surface area contributed by atoms with Crippen LogP contribution in [0.5, 0.6) is 0 Å². The van der Waals surface area contributed by atoms with Crippen molar-refractivity contribution in [3.8, 4) is 0 Å². The number of rotatable bonds is 5. The minimum absolute atomic E-state index is 0.0994. The first-order chi connectivity index (χ1) is 10.6. The molecule has 1 aromatic heterocycles. The van der Waals surface area contributed by atoms with Gasteiger partial charge >= 0.3 is 0 Å².